The normalized spacial score (nSPS) is 22.5. The summed E-state index contributed by atoms with van der Waals surface area (Å²) in [6.45, 7) is 5.40. The van der Waals surface area contributed by atoms with Gasteiger partial charge in [0.25, 0.3) is 5.56 Å². The molecule has 1 aliphatic carbocycles. The molecule has 1 amide bonds. The van der Waals surface area contributed by atoms with Crippen LogP contribution in [0.5, 0.6) is 0 Å². The van der Waals surface area contributed by atoms with Gasteiger partial charge in [0.1, 0.15) is 17.9 Å². The van der Waals surface area contributed by atoms with Crippen LogP contribution in [0.1, 0.15) is 45.4 Å². The second-order valence-corrected chi connectivity index (χ2v) is 8.84. The molecule has 0 saturated heterocycles. The summed E-state index contributed by atoms with van der Waals surface area (Å²) in [5, 5.41) is 16.7. The van der Waals surface area contributed by atoms with E-state index in [4.69, 9.17) is 0 Å². The molecule has 4 rings (SSSR count). The zero-order chi connectivity index (χ0) is 19.5. The first kappa shape index (κ1) is 18.1. The number of aromatic nitrogens is 3. The lowest BCUT2D eigenvalue weighted by Gasteiger charge is -2.41. The topological polar surface area (TPSA) is 88.6 Å². The molecule has 1 fully saturated rings. The van der Waals surface area contributed by atoms with E-state index in [0.29, 0.717) is 34.4 Å². The number of nitrogens with zero attached hydrogens (tertiary/aromatic N) is 3. The summed E-state index contributed by atoms with van der Waals surface area (Å²) >= 11 is 0.979. The predicted octanol–water partition coefficient (Wildman–Crippen LogP) is 2.00. The van der Waals surface area contributed by atoms with Crippen LogP contribution in [0.25, 0.3) is 15.7 Å². The minimum absolute atomic E-state index is 0.0253. The van der Waals surface area contributed by atoms with E-state index >= 15 is 0 Å². The highest BCUT2D eigenvalue weighted by molar-refractivity contribution is 7.17. The second kappa shape index (κ2) is 6.13. The zero-order valence-electron chi connectivity index (χ0n) is 15.3. The van der Waals surface area contributed by atoms with Crippen molar-refractivity contribution in [2.45, 2.75) is 57.7 Å². The van der Waals surface area contributed by atoms with Gasteiger partial charge in [0.2, 0.25) is 5.91 Å². The highest BCUT2D eigenvalue weighted by Crippen LogP contribution is 2.31. The van der Waals surface area contributed by atoms with Crippen molar-refractivity contribution in [3.8, 4) is 0 Å². The summed E-state index contributed by atoms with van der Waals surface area (Å²) in [6, 6.07) is 2.97. The lowest BCUT2D eigenvalue weighted by Crippen LogP contribution is -2.54. The number of hydrogen-bond acceptors (Lipinski definition) is 5. The van der Waals surface area contributed by atoms with Crippen LogP contribution in [0.15, 0.2) is 16.9 Å². The largest absolute Gasteiger partial charge is 0.390 e. The van der Waals surface area contributed by atoms with E-state index in [-0.39, 0.29) is 35.1 Å². The molecule has 0 spiro atoms. The Kier molecular flexibility index (Phi) is 4.12. The number of carbonyl (C=O) groups is 1. The van der Waals surface area contributed by atoms with Gasteiger partial charge in [-0.05, 0) is 25.8 Å². The van der Waals surface area contributed by atoms with Crippen LogP contribution in [0.4, 0.5) is 4.39 Å². The smallest absolute Gasteiger partial charge is 0.291 e. The van der Waals surface area contributed by atoms with Gasteiger partial charge >= 0.3 is 0 Å². The Hall–Kier alpha value is -2.26. The van der Waals surface area contributed by atoms with E-state index in [1.54, 1.807) is 17.4 Å². The summed E-state index contributed by atoms with van der Waals surface area (Å²) in [4.78, 5) is 25.2. The Labute approximate surface area is 158 Å². The molecule has 0 radical (unpaired) electrons. The minimum Gasteiger partial charge on any atom is -0.390 e. The number of rotatable bonds is 4. The van der Waals surface area contributed by atoms with Crippen LogP contribution >= 0.6 is 11.3 Å². The highest BCUT2D eigenvalue weighted by Gasteiger charge is 2.39. The van der Waals surface area contributed by atoms with Gasteiger partial charge in [-0.15, -0.1) is 11.3 Å². The lowest BCUT2D eigenvalue weighted by molar-refractivity contribution is -0.125. The minimum atomic E-state index is -0.732. The molecule has 1 aliphatic rings. The molecule has 3 aromatic rings. The van der Waals surface area contributed by atoms with Crippen molar-refractivity contribution in [3.05, 3.63) is 33.4 Å². The van der Waals surface area contributed by atoms with Crippen molar-refractivity contribution >= 4 is 33.0 Å². The Morgan fingerprint density at radius 3 is 2.78 bits per heavy atom. The Bertz CT molecular complexity index is 1100. The van der Waals surface area contributed by atoms with Gasteiger partial charge in [0.15, 0.2) is 5.13 Å². The number of aliphatic hydroxyl groups is 1. The molecule has 1 saturated carbocycles. The van der Waals surface area contributed by atoms with Gasteiger partial charge in [-0.25, -0.2) is 4.68 Å². The van der Waals surface area contributed by atoms with E-state index in [1.807, 2.05) is 13.8 Å². The van der Waals surface area contributed by atoms with Crippen LogP contribution < -0.4 is 10.9 Å². The highest BCUT2D eigenvalue weighted by atomic mass is 32.1. The number of halogens is 1. The van der Waals surface area contributed by atoms with Gasteiger partial charge in [-0.1, -0.05) is 13.8 Å². The van der Waals surface area contributed by atoms with Gasteiger partial charge in [-0.2, -0.15) is 9.49 Å². The molecule has 3 heterocycles. The van der Waals surface area contributed by atoms with E-state index in [0.717, 1.165) is 16.0 Å². The number of amides is 1. The molecular weight excluding hydrogens is 371 g/mol. The molecule has 0 aromatic carbocycles. The first-order valence-corrected chi connectivity index (χ1v) is 9.69. The maximum atomic E-state index is 13.6. The SMILES string of the molecule is CC(C)c1nn(CC(=O)N[C@H]2C[C@](C)(O)C2)c(=O)c2cc3sc(F)cc3n12. The van der Waals surface area contributed by atoms with E-state index in [9.17, 15) is 19.1 Å². The number of fused-ring (bicyclic) bond motifs is 3. The van der Waals surface area contributed by atoms with Gasteiger partial charge in [-0.3, -0.25) is 14.0 Å². The van der Waals surface area contributed by atoms with Crippen molar-refractivity contribution in [2.75, 3.05) is 0 Å². The third-order valence-corrected chi connectivity index (χ3v) is 5.77. The van der Waals surface area contributed by atoms with Crippen LogP contribution in [0, 0.1) is 5.13 Å². The van der Waals surface area contributed by atoms with E-state index < -0.39 is 5.60 Å². The molecule has 0 aliphatic heterocycles. The maximum absolute atomic E-state index is 13.6. The molecule has 2 N–H and O–H groups in total. The van der Waals surface area contributed by atoms with Crippen molar-refractivity contribution in [3.63, 3.8) is 0 Å². The second-order valence-electron chi connectivity index (χ2n) is 7.81. The van der Waals surface area contributed by atoms with Crippen molar-refractivity contribution < 1.29 is 14.3 Å². The van der Waals surface area contributed by atoms with E-state index in [1.165, 1.54) is 6.07 Å². The summed E-state index contributed by atoms with van der Waals surface area (Å²) in [5.41, 5.74) is -0.119. The van der Waals surface area contributed by atoms with Crippen LogP contribution in [-0.2, 0) is 11.3 Å². The van der Waals surface area contributed by atoms with E-state index in [2.05, 4.69) is 10.4 Å². The quantitative estimate of drug-likeness (QED) is 0.711. The summed E-state index contributed by atoms with van der Waals surface area (Å²) in [6.07, 6.45) is 0.996. The Morgan fingerprint density at radius 1 is 1.44 bits per heavy atom. The van der Waals surface area contributed by atoms with Crippen molar-refractivity contribution in [2.24, 2.45) is 0 Å². The van der Waals surface area contributed by atoms with Crippen LogP contribution in [0.3, 0.4) is 0 Å². The van der Waals surface area contributed by atoms with Crippen molar-refractivity contribution in [1.29, 1.82) is 0 Å². The molecule has 7 nitrogen and oxygen atoms in total. The number of hydrogen-bond donors (Lipinski definition) is 2. The average molecular weight is 392 g/mol. The summed E-state index contributed by atoms with van der Waals surface area (Å²) < 4.78 is 17.1. The third-order valence-electron chi connectivity index (χ3n) is 4.91. The molecule has 0 atom stereocenters. The van der Waals surface area contributed by atoms with Gasteiger partial charge < -0.3 is 10.4 Å². The molecule has 27 heavy (non-hydrogen) atoms. The molecule has 0 bridgehead atoms. The lowest BCUT2D eigenvalue weighted by atomic mass is 9.77. The fourth-order valence-corrected chi connectivity index (χ4v) is 4.51. The predicted molar refractivity (Wildman–Crippen MR) is 101 cm³/mol. The first-order valence-electron chi connectivity index (χ1n) is 8.88. The Balaban J connectivity index is 1.70. The van der Waals surface area contributed by atoms with Crippen LogP contribution in [-0.4, -0.2) is 36.8 Å². The number of thiophene rings is 1. The monoisotopic (exact) mass is 392 g/mol. The number of carbonyl (C=O) groups excluding carboxylic acids is 1. The van der Waals surface area contributed by atoms with Crippen LogP contribution in [0.2, 0.25) is 0 Å². The maximum Gasteiger partial charge on any atom is 0.291 e. The molecule has 9 heteroatoms. The first-order chi connectivity index (χ1) is 12.6. The molecule has 3 aromatic heterocycles. The standard InChI is InChI=1S/C18H21FN4O3S/c1-9(2)16-21-22(8-15(24)20-10-6-18(3,26)7-10)17(25)12-4-13-11(23(12)16)5-14(19)27-13/h4-5,9-10,26H,6-8H2,1-3H3,(H,20,24)/t10-,18-. The number of nitrogens with one attached hydrogen (secondary N) is 1. The van der Waals surface area contributed by atoms with Crippen molar-refractivity contribution in [1.82, 2.24) is 19.5 Å². The van der Waals surface area contributed by atoms with Gasteiger partial charge in [0.05, 0.1) is 15.8 Å². The van der Waals surface area contributed by atoms with Gasteiger partial charge in [0, 0.05) is 18.0 Å². The summed E-state index contributed by atoms with van der Waals surface area (Å²) in [7, 11) is 0. The average Bonchev–Trinajstić information content (AvgIpc) is 3.04. The fraction of sp³-hybridized carbons (Fsp3) is 0.500. The molecule has 144 valence electrons. The molecule has 0 unspecified atom stereocenters. The summed E-state index contributed by atoms with van der Waals surface area (Å²) in [5.74, 6) is 0.253. The molecular formula is C18H21FN4O3S. The zero-order valence-corrected chi connectivity index (χ0v) is 16.1. The Morgan fingerprint density at radius 2 is 2.15 bits per heavy atom. The fourth-order valence-electron chi connectivity index (χ4n) is 3.71. The third kappa shape index (κ3) is 3.14.